The zero-order valence-electron chi connectivity index (χ0n) is 14.8. The second kappa shape index (κ2) is 8.20. The van der Waals surface area contributed by atoms with Crippen LogP contribution >= 0.6 is 11.3 Å². The molecule has 9 heteroatoms. The van der Waals surface area contributed by atoms with Gasteiger partial charge in [0.05, 0.1) is 12.2 Å². The molecule has 1 atom stereocenters. The Morgan fingerprint density at radius 1 is 1.26 bits per heavy atom. The Balaban J connectivity index is 1.71. The molecule has 1 fully saturated rings. The van der Waals surface area contributed by atoms with Gasteiger partial charge in [0.15, 0.2) is 0 Å². The minimum Gasteiger partial charge on any atom is -0.462 e. The summed E-state index contributed by atoms with van der Waals surface area (Å²) in [4.78, 5) is 24.3. The van der Waals surface area contributed by atoms with Gasteiger partial charge in [-0.15, -0.1) is 11.3 Å². The summed E-state index contributed by atoms with van der Waals surface area (Å²) in [5.74, 6) is -0.809. The van der Waals surface area contributed by atoms with Crippen LogP contribution in [-0.2, 0) is 19.6 Å². The lowest BCUT2D eigenvalue weighted by Gasteiger charge is -2.22. The number of esters is 1. The summed E-state index contributed by atoms with van der Waals surface area (Å²) in [5.41, 5.74) is 0.881. The molecule has 1 unspecified atom stereocenters. The van der Waals surface area contributed by atoms with Crippen LogP contribution in [0.25, 0.3) is 0 Å². The highest BCUT2D eigenvalue weighted by Crippen LogP contribution is 2.29. The maximum atomic E-state index is 12.7. The first-order valence-corrected chi connectivity index (χ1v) is 10.9. The second-order valence-corrected chi connectivity index (χ2v) is 9.06. The van der Waals surface area contributed by atoms with Crippen molar-refractivity contribution in [2.45, 2.75) is 30.0 Å². The smallest absolute Gasteiger partial charge is 0.338 e. The molecule has 0 saturated carbocycles. The summed E-state index contributed by atoms with van der Waals surface area (Å²) in [6.45, 7) is 2.33. The van der Waals surface area contributed by atoms with E-state index in [1.807, 2.05) is 0 Å². The van der Waals surface area contributed by atoms with Gasteiger partial charge < -0.3 is 10.1 Å². The summed E-state index contributed by atoms with van der Waals surface area (Å²) in [7, 11) is -3.68. The molecule has 0 bridgehead atoms. The predicted octanol–water partition coefficient (Wildman–Crippen LogP) is 2.72. The van der Waals surface area contributed by atoms with E-state index >= 15 is 0 Å². The van der Waals surface area contributed by atoms with Gasteiger partial charge in [0.1, 0.15) is 10.3 Å². The highest BCUT2D eigenvalue weighted by Gasteiger charge is 2.39. The van der Waals surface area contributed by atoms with Crippen molar-refractivity contribution in [3.63, 3.8) is 0 Å². The van der Waals surface area contributed by atoms with Crippen LogP contribution in [0.1, 0.15) is 30.1 Å². The van der Waals surface area contributed by atoms with Crippen LogP contribution in [0.4, 0.5) is 5.69 Å². The van der Waals surface area contributed by atoms with Crippen molar-refractivity contribution in [1.82, 2.24) is 4.31 Å². The topological polar surface area (TPSA) is 92.8 Å². The maximum Gasteiger partial charge on any atom is 0.338 e. The van der Waals surface area contributed by atoms with Crippen molar-refractivity contribution in [2.24, 2.45) is 0 Å². The number of carbonyl (C=O) groups excluding carboxylic acids is 2. The fourth-order valence-electron chi connectivity index (χ4n) is 2.95. The molecule has 1 amide bonds. The number of nitrogens with one attached hydrogen (secondary N) is 1. The lowest BCUT2D eigenvalue weighted by atomic mass is 10.2. The molecule has 7 nitrogen and oxygen atoms in total. The summed E-state index contributed by atoms with van der Waals surface area (Å²) < 4.78 is 31.9. The van der Waals surface area contributed by atoms with E-state index in [1.165, 1.54) is 4.31 Å². The first kappa shape index (κ1) is 19.5. The van der Waals surface area contributed by atoms with Crippen molar-refractivity contribution in [1.29, 1.82) is 0 Å². The second-order valence-electron chi connectivity index (χ2n) is 5.99. The van der Waals surface area contributed by atoms with Crippen LogP contribution in [0.3, 0.4) is 0 Å². The largest absolute Gasteiger partial charge is 0.462 e. The molecule has 0 aliphatic carbocycles. The number of ether oxygens (including phenoxy) is 1. The molecule has 0 spiro atoms. The zero-order chi connectivity index (χ0) is 19.4. The Morgan fingerprint density at radius 3 is 2.63 bits per heavy atom. The number of anilines is 1. The van der Waals surface area contributed by atoms with Crippen LogP contribution in [0.15, 0.2) is 46.0 Å². The highest BCUT2D eigenvalue weighted by molar-refractivity contribution is 7.91. The third kappa shape index (κ3) is 4.20. The van der Waals surface area contributed by atoms with E-state index in [0.717, 1.165) is 11.3 Å². The molecule has 3 rings (SSSR count). The Labute approximate surface area is 162 Å². The summed E-state index contributed by atoms with van der Waals surface area (Å²) in [6, 6.07) is 8.77. The third-order valence-electron chi connectivity index (χ3n) is 4.23. The molecule has 27 heavy (non-hydrogen) atoms. The van der Waals surface area contributed by atoms with Crippen molar-refractivity contribution in [3.05, 3.63) is 47.3 Å². The molecule has 2 heterocycles. The number of nitrogens with zero attached hydrogens (tertiary/aromatic N) is 1. The Morgan fingerprint density at radius 2 is 2.00 bits per heavy atom. The molecule has 2 aromatic rings. The van der Waals surface area contributed by atoms with Crippen LogP contribution in [0, 0.1) is 0 Å². The molecule has 144 valence electrons. The monoisotopic (exact) mass is 408 g/mol. The van der Waals surface area contributed by atoms with Gasteiger partial charge in [0.25, 0.3) is 10.0 Å². The number of carbonyl (C=O) groups is 2. The van der Waals surface area contributed by atoms with Gasteiger partial charge in [-0.25, -0.2) is 13.2 Å². The third-order valence-corrected chi connectivity index (χ3v) is 7.51. The Hall–Kier alpha value is -2.23. The van der Waals surface area contributed by atoms with Gasteiger partial charge in [-0.2, -0.15) is 4.31 Å². The van der Waals surface area contributed by atoms with Crippen molar-refractivity contribution < 1.29 is 22.7 Å². The van der Waals surface area contributed by atoms with Crippen molar-refractivity contribution in [3.8, 4) is 0 Å². The van der Waals surface area contributed by atoms with Crippen molar-refractivity contribution in [2.75, 3.05) is 18.5 Å². The fourth-order valence-corrected chi connectivity index (χ4v) is 5.72. The number of thiophene rings is 1. The van der Waals surface area contributed by atoms with Crippen LogP contribution in [0.2, 0.25) is 0 Å². The minimum absolute atomic E-state index is 0.237. The van der Waals surface area contributed by atoms with Crippen LogP contribution < -0.4 is 5.32 Å². The first-order chi connectivity index (χ1) is 12.9. The molecule has 1 N–H and O–H groups in total. The fraction of sp³-hybridized carbons (Fsp3) is 0.333. The number of hydrogen-bond donors (Lipinski definition) is 1. The lowest BCUT2D eigenvalue weighted by molar-refractivity contribution is -0.119. The van der Waals surface area contributed by atoms with Crippen LogP contribution in [-0.4, -0.2) is 43.8 Å². The molecular formula is C18H20N2O5S2. The molecule has 1 aliphatic rings. The van der Waals surface area contributed by atoms with Gasteiger partial charge in [-0.1, -0.05) is 6.07 Å². The summed E-state index contributed by atoms with van der Waals surface area (Å²) in [6.07, 6.45) is 1.10. The molecule has 1 aliphatic heterocycles. The van der Waals surface area contributed by atoms with Gasteiger partial charge >= 0.3 is 5.97 Å². The molecule has 1 aromatic carbocycles. The summed E-state index contributed by atoms with van der Waals surface area (Å²) in [5, 5.41) is 4.43. The van der Waals surface area contributed by atoms with Gasteiger partial charge in [0.2, 0.25) is 5.91 Å². The predicted molar refractivity (Wildman–Crippen MR) is 102 cm³/mol. The quantitative estimate of drug-likeness (QED) is 0.742. The standard InChI is InChI=1S/C18H20N2O5S2/c1-2-25-18(22)13-7-9-14(10-8-13)19-17(21)15-5-3-11-20(15)27(23,24)16-6-4-12-26-16/h4,6-10,12,15H,2-3,5,11H2,1H3,(H,19,21). The Kier molecular flexibility index (Phi) is 5.93. The first-order valence-electron chi connectivity index (χ1n) is 8.57. The van der Waals surface area contributed by atoms with E-state index in [2.05, 4.69) is 5.32 Å². The normalized spacial score (nSPS) is 17.6. The average Bonchev–Trinajstić information content (AvgIpc) is 3.35. The highest BCUT2D eigenvalue weighted by atomic mass is 32.2. The molecule has 1 saturated heterocycles. The number of rotatable bonds is 6. The molecule has 0 radical (unpaired) electrons. The minimum atomic E-state index is -3.68. The van der Waals surface area contributed by atoms with E-state index in [0.29, 0.717) is 30.6 Å². The molecule has 1 aromatic heterocycles. The van der Waals surface area contributed by atoms with E-state index in [4.69, 9.17) is 4.74 Å². The summed E-state index contributed by atoms with van der Waals surface area (Å²) >= 11 is 1.14. The zero-order valence-corrected chi connectivity index (χ0v) is 16.4. The average molecular weight is 409 g/mol. The van der Waals surface area contributed by atoms with Gasteiger partial charge in [-0.3, -0.25) is 4.79 Å². The lowest BCUT2D eigenvalue weighted by Crippen LogP contribution is -2.42. The number of amides is 1. The number of hydrogen-bond acceptors (Lipinski definition) is 6. The van der Waals surface area contributed by atoms with E-state index < -0.39 is 22.0 Å². The van der Waals surface area contributed by atoms with E-state index in [-0.39, 0.29) is 16.7 Å². The maximum absolute atomic E-state index is 12.7. The van der Waals surface area contributed by atoms with Crippen LogP contribution in [0.5, 0.6) is 0 Å². The number of benzene rings is 1. The Bertz CT molecular complexity index is 908. The number of sulfonamides is 1. The SMILES string of the molecule is CCOC(=O)c1ccc(NC(=O)C2CCCN2S(=O)(=O)c2cccs2)cc1. The van der Waals surface area contributed by atoms with Gasteiger partial charge in [-0.05, 0) is 55.5 Å². The van der Waals surface area contributed by atoms with Crippen molar-refractivity contribution >= 4 is 38.9 Å². The van der Waals surface area contributed by atoms with E-state index in [9.17, 15) is 18.0 Å². The van der Waals surface area contributed by atoms with E-state index in [1.54, 1.807) is 48.7 Å². The molecular weight excluding hydrogens is 388 g/mol. The van der Waals surface area contributed by atoms with Gasteiger partial charge in [0, 0.05) is 12.2 Å².